The number of nitrogens with zero attached hydrogens (tertiary/aromatic N) is 1. The first-order valence-corrected chi connectivity index (χ1v) is 4.50. The van der Waals surface area contributed by atoms with Crippen LogP contribution in [0.25, 0.3) is 6.08 Å². The molecule has 1 aromatic rings. The standard InChI is InChI=1S/C12H18N/c1-6-11-7-8-12(9-10(11)2)13(3,4)5/h6-9H,1H2,2-5H3/q+1. The first kappa shape index (κ1) is 10.0. The van der Waals surface area contributed by atoms with Crippen LogP contribution in [0.1, 0.15) is 11.1 Å². The molecule has 0 aromatic heterocycles. The van der Waals surface area contributed by atoms with Crippen LogP contribution in [-0.2, 0) is 0 Å². The van der Waals surface area contributed by atoms with E-state index in [1.54, 1.807) is 0 Å². The van der Waals surface area contributed by atoms with E-state index in [4.69, 9.17) is 0 Å². The molecule has 0 atom stereocenters. The minimum absolute atomic E-state index is 0.859. The van der Waals surface area contributed by atoms with Gasteiger partial charge in [-0.1, -0.05) is 12.7 Å². The van der Waals surface area contributed by atoms with Gasteiger partial charge in [0, 0.05) is 6.07 Å². The lowest BCUT2D eigenvalue weighted by Gasteiger charge is -2.24. The van der Waals surface area contributed by atoms with E-state index in [1.165, 1.54) is 16.8 Å². The quantitative estimate of drug-likeness (QED) is 0.608. The van der Waals surface area contributed by atoms with E-state index in [1.807, 2.05) is 6.08 Å². The number of benzene rings is 1. The largest absolute Gasteiger partial charge is 0.298 e. The lowest BCUT2D eigenvalue weighted by atomic mass is 10.1. The maximum Gasteiger partial charge on any atom is 0.132 e. The third-order valence-corrected chi connectivity index (χ3v) is 2.25. The van der Waals surface area contributed by atoms with Gasteiger partial charge >= 0.3 is 0 Å². The summed E-state index contributed by atoms with van der Waals surface area (Å²) in [5.41, 5.74) is 3.83. The summed E-state index contributed by atoms with van der Waals surface area (Å²) in [6.45, 7) is 5.90. The van der Waals surface area contributed by atoms with Crippen molar-refractivity contribution >= 4 is 11.8 Å². The summed E-state index contributed by atoms with van der Waals surface area (Å²) in [6.07, 6.45) is 1.90. The average Bonchev–Trinajstić information content (AvgIpc) is 2.02. The molecule has 0 N–H and O–H groups in total. The fraction of sp³-hybridized carbons (Fsp3) is 0.333. The van der Waals surface area contributed by atoms with Crippen LogP contribution in [0.15, 0.2) is 24.8 Å². The molecule has 0 heterocycles. The maximum atomic E-state index is 3.78. The second kappa shape index (κ2) is 3.35. The van der Waals surface area contributed by atoms with Crippen LogP contribution in [0.2, 0.25) is 0 Å². The first-order valence-electron chi connectivity index (χ1n) is 4.50. The highest BCUT2D eigenvalue weighted by atomic mass is 15.3. The van der Waals surface area contributed by atoms with E-state index < -0.39 is 0 Å². The van der Waals surface area contributed by atoms with E-state index in [9.17, 15) is 0 Å². The Labute approximate surface area is 80.9 Å². The molecule has 70 valence electrons. The number of quaternary nitrogens is 1. The van der Waals surface area contributed by atoms with Crippen LogP contribution >= 0.6 is 0 Å². The second-order valence-corrected chi connectivity index (χ2v) is 4.26. The summed E-state index contributed by atoms with van der Waals surface area (Å²) in [5, 5.41) is 0. The summed E-state index contributed by atoms with van der Waals surface area (Å²) in [6, 6.07) is 6.50. The zero-order valence-electron chi connectivity index (χ0n) is 8.96. The zero-order chi connectivity index (χ0) is 10.1. The maximum absolute atomic E-state index is 3.78. The molecule has 0 saturated carbocycles. The summed E-state index contributed by atoms with van der Waals surface area (Å²) in [7, 11) is 6.51. The molecule has 13 heavy (non-hydrogen) atoms. The highest BCUT2D eigenvalue weighted by molar-refractivity contribution is 5.57. The molecular formula is C12H18N+. The van der Waals surface area contributed by atoms with Gasteiger partial charge in [-0.3, -0.25) is 4.48 Å². The Morgan fingerprint density at radius 2 is 1.85 bits per heavy atom. The third kappa shape index (κ3) is 2.19. The van der Waals surface area contributed by atoms with E-state index >= 15 is 0 Å². The number of aryl methyl sites for hydroxylation is 1. The molecule has 0 aliphatic carbocycles. The van der Waals surface area contributed by atoms with Crippen LogP contribution in [0, 0.1) is 6.92 Å². The van der Waals surface area contributed by atoms with Gasteiger partial charge in [0.2, 0.25) is 0 Å². The average molecular weight is 176 g/mol. The van der Waals surface area contributed by atoms with Gasteiger partial charge in [-0.05, 0) is 30.2 Å². The van der Waals surface area contributed by atoms with E-state index in [-0.39, 0.29) is 0 Å². The normalized spacial score (nSPS) is 11.4. The minimum atomic E-state index is 0.859. The van der Waals surface area contributed by atoms with E-state index in [0.29, 0.717) is 0 Å². The molecule has 0 saturated heterocycles. The van der Waals surface area contributed by atoms with Gasteiger partial charge in [-0.15, -0.1) is 0 Å². The van der Waals surface area contributed by atoms with Gasteiger partial charge < -0.3 is 0 Å². The van der Waals surface area contributed by atoms with Crippen molar-refractivity contribution in [1.29, 1.82) is 0 Å². The number of rotatable bonds is 2. The fourth-order valence-electron chi connectivity index (χ4n) is 1.31. The van der Waals surface area contributed by atoms with Crippen LogP contribution in [0.5, 0.6) is 0 Å². The summed E-state index contributed by atoms with van der Waals surface area (Å²) < 4.78 is 0.859. The van der Waals surface area contributed by atoms with Crippen molar-refractivity contribution < 1.29 is 0 Å². The topological polar surface area (TPSA) is 0 Å². The first-order chi connectivity index (χ1) is 5.95. The Morgan fingerprint density at radius 1 is 1.23 bits per heavy atom. The number of hydrogen-bond donors (Lipinski definition) is 0. The SMILES string of the molecule is C=Cc1ccc([N+](C)(C)C)cc1C. The molecule has 0 spiro atoms. The molecule has 1 aromatic carbocycles. The van der Waals surface area contributed by atoms with Gasteiger partial charge in [-0.2, -0.15) is 0 Å². The fourth-order valence-corrected chi connectivity index (χ4v) is 1.31. The van der Waals surface area contributed by atoms with Gasteiger partial charge in [-0.25, -0.2) is 0 Å². The van der Waals surface area contributed by atoms with E-state index in [2.05, 4.69) is 52.8 Å². The predicted octanol–water partition coefficient (Wildman–Crippen LogP) is 2.83. The third-order valence-electron chi connectivity index (χ3n) is 2.25. The second-order valence-electron chi connectivity index (χ2n) is 4.26. The monoisotopic (exact) mass is 176 g/mol. The Kier molecular flexibility index (Phi) is 2.58. The molecule has 0 bridgehead atoms. The molecule has 0 fully saturated rings. The van der Waals surface area contributed by atoms with Crippen molar-refractivity contribution in [2.24, 2.45) is 0 Å². The van der Waals surface area contributed by atoms with Crippen molar-refractivity contribution in [3.8, 4) is 0 Å². The van der Waals surface area contributed by atoms with Gasteiger partial charge in [0.05, 0.1) is 21.1 Å². The molecule has 1 heteroatoms. The van der Waals surface area contributed by atoms with Gasteiger partial charge in [0.25, 0.3) is 0 Å². The Hall–Kier alpha value is -1.08. The van der Waals surface area contributed by atoms with Crippen LogP contribution in [0.4, 0.5) is 5.69 Å². The smallest absolute Gasteiger partial charge is 0.132 e. The van der Waals surface area contributed by atoms with Gasteiger partial charge in [0.15, 0.2) is 0 Å². The number of hydrogen-bond acceptors (Lipinski definition) is 0. The molecule has 0 aliphatic rings. The minimum Gasteiger partial charge on any atom is -0.298 e. The van der Waals surface area contributed by atoms with Gasteiger partial charge in [0.1, 0.15) is 5.69 Å². The molecule has 1 nitrogen and oxygen atoms in total. The summed E-state index contributed by atoms with van der Waals surface area (Å²) in [4.78, 5) is 0. The lowest BCUT2D eigenvalue weighted by molar-refractivity contribution is 0.486. The van der Waals surface area contributed by atoms with E-state index in [0.717, 1.165) is 4.48 Å². The molecule has 0 amide bonds. The Balaban J connectivity index is 3.17. The molecule has 0 aliphatic heterocycles. The highest BCUT2D eigenvalue weighted by Crippen LogP contribution is 2.21. The van der Waals surface area contributed by atoms with Crippen molar-refractivity contribution in [2.75, 3.05) is 21.1 Å². The van der Waals surface area contributed by atoms with Crippen molar-refractivity contribution in [3.63, 3.8) is 0 Å². The molecule has 0 unspecified atom stereocenters. The van der Waals surface area contributed by atoms with Crippen molar-refractivity contribution in [3.05, 3.63) is 35.9 Å². The van der Waals surface area contributed by atoms with Crippen molar-refractivity contribution in [2.45, 2.75) is 6.92 Å². The zero-order valence-corrected chi connectivity index (χ0v) is 8.96. The van der Waals surface area contributed by atoms with Crippen LogP contribution < -0.4 is 4.48 Å². The molecule has 0 radical (unpaired) electrons. The summed E-state index contributed by atoms with van der Waals surface area (Å²) in [5.74, 6) is 0. The lowest BCUT2D eigenvalue weighted by Crippen LogP contribution is -2.34. The summed E-state index contributed by atoms with van der Waals surface area (Å²) >= 11 is 0. The Bertz CT molecular complexity index is 318. The van der Waals surface area contributed by atoms with Crippen molar-refractivity contribution in [1.82, 2.24) is 4.48 Å². The Morgan fingerprint density at radius 3 is 2.23 bits per heavy atom. The van der Waals surface area contributed by atoms with Crippen LogP contribution in [0.3, 0.4) is 0 Å². The highest BCUT2D eigenvalue weighted by Gasteiger charge is 2.11. The predicted molar refractivity (Wildman–Crippen MR) is 60.8 cm³/mol. The van der Waals surface area contributed by atoms with Crippen LogP contribution in [-0.4, -0.2) is 21.1 Å². The molecule has 1 rings (SSSR count). The molecular weight excluding hydrogens is 158 g/mol.